The van der Waals surface area contributed by atoms with Crippen LogP contribution in [-0.2, 0) is 13.1 Å². The molecule has 0 amide bonds. The summed E-state index contributed by atoms with van der Waals surface area (Å²) in [6.45, 7) is 5.78. The zero-order valence-corrected chi connectivity index (χ0v) is 14.6. The van der Waals surface area contributed by atoms with Gasteiger partial charge in [0.2, 0.25) is 11.8 Å². The standard InChI is InChI=1S/C19H20ClN3O/c1-14(2)23(12-15-7-4-3-5-8-15)13-18-21-22-19(24-18)16-9-6-10-17(20)11-16/h3-11,14H,12-13H2,1-2H3. The molecule has 0 aliphatic heterocycles. The molecule has 5 heteroatoms. The Morgan fingerprint density at radius 3 is 2.50 bits per heavy atom. The summed E-state index contributed by atoms with van der Waals surface area (Å²) in [5.41, 5.74) is 2.10. The van der Waals surface area contributed by atoms with Gasteiger partial charge in [-0.1, -0.05) is 48.0 Å². The maximum atomic E-state index is 6.02. The lowest BCUT2D eigenvalue weighted by Crippen LogP contribution is -2.29. The molecule has 3 rings (SSSR count). The highest BCUT2D eigenvalue weighted by Crippen LogP contribution is 2.22. The summed E-state index contributed by atoms with van der Waals surface area (Å²) >= 11 is 6.02. The lowest BCUT2D eigenvalue weighted by molar-refractivity contribution is 0.184. The molecule has 0 spiro atoms. The highest BCUT2D eigenvalue weighted by atomic mass is 35.5. The van der Waals surface area contributed by atoms with Crippen molar-refractivity contribution in [3.63, 3.8) is 0 Å². The lowest BCUT2D eigenvalue weighted by Gasteiger charge is -2.24. The summed E-state index contributed by atoms with van der Waals surface area (Å²) in [5, 5.41) is 8.98. The van der Waals surface area contributed by atoms with Crippen LogP contribution in [0.3, 0.4) is 0 Å². The van der Waals surface area contributed by atoms with Crippen LogP contribution in [0.1, 0.15) is 25.3 Å². The minimum Gasteiger partial charge on any atom is -0.419 e. The Bertz CT molecular complexity index is 786. The van der Waals surface area contributed by atoms with Crippen LogP contribution in [0.4, 0.5) is 0 Å². The third kappa shape index (κ3) is 4.22. The molecule has 0 fully saturated rings. The van der Waals surface area contributed by atoms with E-state index in [1.54, 1.807) is 0 Å². The van der Waals surface area contributed by atoms with Crippen LogP contribution in [0.2, 0.25) is 5.02 Å². The Labute approximate surface area is 147 Å². The molecule has 0 aliphatic rings. The summed E-state index contributed by atoms with van der Waals surface area (Å²) in [6, 6.07) is 18.2. The normalized spacial score (nSPS) is 11.4. The topological polar surface area (TPSA) is 42.2 Å². The Morgan fingerprint density at radius 2 is 1.79 bits per heavy atom. The molecule has 1 heterocycles. The van der Waals surface area contributed by atoms with Crippen LogP contribution in [0.5, 0.6) is 0 Å². The van der Waals surface area contributed by atoms with Crippen molar-refractivity contribution in [1.29, 1.82) is 0 Å². The van der Waals surface area contributed by atoms with Crippen LogP contribution in [-0.4, -0.2) is 21.1 Å². The van der Waals surface area contributed by atoms with Gasteiger partial charge >= 0.3 is 0 Å². The number of hydrogen-bond acceptors (Lipinski definition) is 4. The Balaban J connectivity index is 1.74. The molecule has 0 N–H and O–H groups in total. The molecule has 1 aromatic heterocycles. The second-order valence-electron chi connectivity index (χ2n) is 6.00. The van der Waals surface area contributed by atoms with Gasteiger partial charge in [-0.05, 0) is 37.6 Å². The van der Waals surface area contributed by atoms with Crippen LogP contribution in [0.15, 0.2) is 59.0 Å². The minimum absolute atomic E-state index is 0.367. The first kappa shape index (κ1) is 16.7. The summed E-state index contributed by atoms with van der Waals surface area (Å²) in [5.74, 6) is 1.10. The van der Waals surface area contributed by atoms with Gasteiger partial charge in [-0.3, -0.25) is 4.90 Å². The van der Waals surface area contributed by atoms with Gasteiger partial charge in [-0.25, -0.2) is 0 Å². The van der Waals surface area contributed by atoms with Crippen LogP contribution in [0, 0.1) is 0 Å². The van der Waals surface area contributed by atoms with E-state index in [0.29, 0.717) is 29.4 Å². The second kappa shape index (κ2) is 7.60. The Kier molecular flexibility index (Phi) is 5.28. The third-order valence-electron chi connectivity index (χ3n) is 3.84. The molecule has 24 heavy (non-hydrogen) atoms. The van der Waals surface area contributed by atoms with Gasteiger partial charge in [0, 0.05) is 23.2 Å². The largest absolute Gasteiger partial charge is 0.419 e. The molecule has 4 nitrogen and oxygen atoms in total. The molecule has 0 unspecified atom stereocenters. The summed E-state index contributed by atoms with van der Waals surface area (Å²) in [4.78, 5) is 2.30. The first-order chi connectivity index (χ1) is 11.6. The van der Waals surface area contributed by atoms with E-state index in [4.69, 9.17) is 16.0 Å². The van der Waals surface area contributed by atoms with Gasteiger partial charge in [0.25, 0.3) is 0 Å². The SMILES string of the molecule is CC(C)N(Cc1ccccc1)Cc1nnc(-c2cccc(Cl)c2)o1. The van der Waals surface area contributed by atoms with Gasteiger partial charge in [0.15, 0.2) is 0 Å². The van der Waals surface area contributed by atoms with E-state index in [0.717, 1.165) is 12.1 Å². The zero-order chi connectivity index (χ0) is 16.9. The van der Waals surface area contributed by atoms with Crippen LogP contribution < -0.4 is 0 Å². The molecular formula is C19H20ClN3O. The van der Waals surface area contributed by atoms with Crippen molar-refractivity contribution in [1.82, 2.24) is 15.1 Å². The van der Waals surface area contributed by atoms with Crippen molar-refractivity contribution in [3.05, 3.63) is 71.1 Å². The fourth-order valence-corrected chi connectivity index (χ4v) is 2.66. The van der Waals surface area contributed by atoms with Crippen molar-refractivity contribution >= 4 is 11.6 Å². The quantitative estimate of drug-likeness (QED) is 0.645. The average molecular weight is 342 g/mol. The molecular weight excluding hydrogens is 322 g/mol. The smallest absolute Gasteiger partial charge is 0.247 e. The van der Waals surface area contributed by atoms with Crippen LogP contribution >= 0.6 is 11.6 Å². The Morgan fingerprint density at radius 1 is 1.00 bits per heavy atom. The van der Waals surface area contributed by atoms with Crippen molar-refractivity contribution in [3.8, 4) is 11.5 Å². The first-order valence-corrected chi connectivity index (χ1v) is 8.36. The molecule has 0 bridgehead atoms. The van der Waals surface area contributed by atoms with Crippen LogP contribution in [0.25, 0.3) is 11.5 Å². The van der Waals surface area contributed by atoms with E-state index in [1.807, 2.05) is 30.3 Å². The predicted octanol–water partition coefficient (Wildman–Crippen LogP) is 4.80. The number of nitrogens with zero attached hydrogens (tertiary/aromatic N) is 3. The molecule has 0 radical (unpaired) electrons. The second-order valence-corrected chi connectivity index (χ2v) is 6.43. The molecule has 0 saturated heterocycles. The van der Waals surface area contributed by atoms with E-state index in [9.17, 15) is 0 Å². The van der Waals surface area contributed by atoms with Crippen molar-refractivity contribution in [2.75, 3.05) is 0 Å². The monoisotopic (exact) mass is 341 g/mol. The number of aromatic nitrogens is 2. The third-order valence-corrected chi connectivity index (χ3v) is 4.07. The number of halogens is 1. The van der Waals surface area contributed by atoms with Crippen molar-refractivity contribution in [2.45, 2.75) is 33.0 Å². The van der Waals surface area contributed by atoms with E-state index < -0.39 is 0 Å². The summed E-state index contributed by atoms with van der Waals surface area (Å²) in [6.07, 6.45) is 0. The first-order valence-electron chi connectivity index (χ1n) is 7.98. The van der Waals surface area contributed by atoms with Gasteiger partial charge in [0.1, 0.15) is 0 Å². The fourth-order valence-electron chi connectivity index (χ4n) is 2.47. The highest BCUT2D eigenvalue weighted by Gasteiger charge is 2.16. The average Bonchev–Trinajstić information content (AvgIpc) is 3.04. The lowest BCUT2D eigenvalue weighted by atomic mass is 10.2. The zero-order valence-electron chi connectivity index (χ0n) is 13.8. The van der Waals surface area contributed by atoms with E-state index in [1.165, 1.54) is 5.56 Å². The maximum absolute atomic E-state index is 6.02. The summed E-state index contributed by atoms with van der Waals surface area (Å²) < 4.78 is 5.82. The van der Waals surface area contributed by atoms with E-state index >= 15 is 0 Å². The van der Waals surface area contributed by atoms with Gasteiger partial charge in [-0.2, -0.15) is 0 Å². The fraction of sp³-hybridized carbons (Fsp3) is 0.263. The number of benzene rings is 2. The van der Waals surface area contributed by atoms with Crippen molar-refractivity contribution < 1.29 is 4.42 Å². The molecule has 0 saturated carbocycles. The molecule has 0 aliphatic carbocycles. The van der Waals surface area contributed by atoms with Gasteiger partial charge in [0.05, 0.1) is 6.54 Å². The summed E-state index contributed by atoms with van der Waals surface area (Å²) in [7, 11) is 0. The maximum Gasteiger partial charge on any atom is 0.247 e. The molecule has 124 valence electrons. The molecule has 0 atom stereocenters. The molecule has 2 aromatic carbocycles. The van der Waals surface area contributed by atoms with Gasteiger partial charge in [-0.15, -0.1) is 10.2 Å². The Hall–Kier alpha value is -2.17. The van der Waals surface area contributed by atoms with E-state index in [-0.39, 0.29) is 0 Å². The van der Waals surface area contributed by atoms with Crippen molar-refractivity contribution in [2.24, 2.45) is 0 Å². The minimum atomic E-state index is 0.367. The predicted molar refractivity (Wildman–Crippen MR) is 95.6 cm³/mol. The van der Waals surface area contributed by atoms with Gasteiger partial charge < -0.3 is 4.42 Å². The van der Waals surface area contributed by atoms with E-state index in [2.05, 4.69) is 53.2 Å². The number of hydrogen-bond donors (Lipinski definition) is 0. The highest BCUT2D eigenvalue weighted by molar-refractivity contribution is 6.30. The number of rotatable bonds is 6. The molecule has 3 aromatic rings.